The lowest BCUT2D eigenvalue weighted by Gasteiger charge is -2.19. The molecule has 7 heteroatoms. The van der Waals surface area contributed by atoms with E-state index in [9.17, 15) is 14.4 Å². The van der Waals surface area contributed by atoms with Gasteiger partial charge in [-0.05, 0) is 32.3 Å². The average molecular weight is 292 g/mol. The number of rotatable bonds is 4. The molecule has 0 aromatic heterocycles. The van der Waals surface area contributed by atoms with Gasteiger partial charge in [-0.15, -0.1) is 0 Å². The van der Waals surface area contributed by atoms with Gasteiger partial charge >= 0.3 is 11.8 Å². The normalized spacial score (nSPS) is 10.3. The van der Waals surface area contributed by atoms with Crippen LogP contribution >= 0.6 is 0 Å². The van der Waals surface area contributed by atoms with E-state index in [0.717, 1.165) is 4.90 Å². The molecule has 0 bridgehead atoms. The summed E-state index contributed by atoms with van der Waals surface area (Å²) in [7, 11) is 3.70. The van der Waals surface area contributed by atoms with Crippen LogP contribution in [0.15, 0.2) is 24.3 Å². The summed E-state index contributed by atoms with van der Waals surface area (Å²) in [5.41, 5.74) is 6.31. The second kappa shape index (κ2) is 7.39. The SMILES string of the molecule is CC(=O)N(C(=O)C(=O)NCCN(C)C)c1cccc(N)c1. The van der Waals surface area contributed by atoms with Crippen LogP contribution < -0.4 is 16.0 Å². The number of imide groups is 1. The first-order valence-electron chi connectivity index (χ1n) is 6.46. The lowest BCUT2D eigenvalue weighted by molar-refractivity contribution is -0.139. The van der Waals surface area contributed by atoms with Crippen LogP contribution in [0.3, 0.4) is 0 Å². The van der Waals surface area contributed by atoms with Gasteiger partial charge in [0, 0.05) is 25.7 Å². The maximum absolute atomic E-state index is 12.1. The van der Waals surface area contributed by atoms with Crippen LogP contribution in [-0.4, -0.2) is 49.8 Å². The van der Waals surface area contributed by atoms with Crippen molar-refractivity contribution in [3.63, 3.8) is 0 Å². The van der Waals surface area contributed by atoms with Crippen molar-refractivity contribution in [2.24, 2.45) is 0 Å². The van der Waals surface area contributed by atoms with Crippen molar-refractivity contribution in [2.75, 3.05) is 37.8 Å². The van der Waals surface area contributed by atoms with Crippen LogP contribution in [0.4, 0.5) is 11.4 Å². The van der Waals surface area contributed by atoms with Crippen molar-refractivity contribution < 1.29 is 14.4 Å². The molecule has 0 saturated heterocycles. The van der Waals surface area contributed by atoms with E-state index < -0.39 is 17.7 Å². The topological polar surface area (TPSA) is 95.7 Å². The number of nitrogens with one attached hydrogen (secondary N) is 1. The molecule has 1 aromatic carbocycles. The van der Waals surface area contributed by atoms with Gasteiger partial charge in [0.05, 0.1) is 5.69 Å². The van der Waals surface area contributed by atoms with Gasteiger partial charge in [0.1, 0.15) is 0 Å². The highest BCUT2D eigenvalue weighted by Gasteiger charge is 2.26. The van der Waals surface area contributed by atoms with Crippen molar-refractivity contribution in [3.05, 3.63) is 24.3 Å². The Morgan fingerprint density at radius 3 is 2.43 bits per heavy atom. The Morgan fingerprint density at radius 2 is 1.90 bits per heavy atom. The largest absolute Gasteiger partial charge is 0.399 e. The molecule has 0 heterocycles. The molecular weight excluding hydrogens is 272 g/mol. The first kappa shape index (κ1) is 16.6. The Kier molecular flexibility index (Phi) is 5.86. The minimum Gasteiger partial charge on any atom is -0.399 e. The van der Waals surface area contributed by atoms with E-state index >= 15 is 0 Å². The van der Waals surface area contributed by atoms with Crippen LogP contribution in [0.2, 0.25) is 0 Å². The second-order valence-corrected chi connectivity index (χ2v) is 4.81. The molecule has 0 spiro atoms. The fourth-order valence-corrected chi connectivity index (χ4v) is 1.68. The fourth-order valence-electron chi connectivity index (χ4n) is 1.68. The van der Waals surface area contributed by atoms with Crippen LogP contribution in [0.25, 0.3) is 0 Å². The quantitative estimate of drug-likeness (QED) is 0.593. The summed E-state index contributed by atoms with van der Waals surface area (Å²) in [6.45, 7) is 2.13. The zero-order valence-electron chi connectivity index (χ0n) is 12.4. The monoisotopic (exact) mass is 292 g/mol. The number of carbonyl (C=O) groups excluding carboxylic acids is 3. The molecule has 1 rings (SSSR count). The molecule has 21 heavy (non-hydrogen) atoms. The van der Waals surface area contributed by atoms with Gasteiger partial charge in [-0.3, -0.25) is 14.4 Å². The number of hydrogen-bond acceptors (Lipinski definition) is 5. The number of amides is 3. The summed E-state index contributed by atoms with van der Waals surface area (Å²) in [6.07, 6.45) is 0. The lowest BCUT2D eigenvalue weighted by Crippen LogP contribution is -2.46. The summed E-state index contributed by atoms with van der Waals surface area (Å²) in [5, 5.41) is 2.48. The molecule has 0 saturated carbocycles. The van der Waals surface area contributed by atoms with Crippen molar-refractivity contribution in [2.45, 2.75) is 6.92 Å². The molecule has 114 valence electrons. The van der Waals surface area contributed by atoms with Crippen molar-refractivity contribution in [3.8, 4) is 0 Å². The highest BCUT2D eigenvalue weighted by Crippen LogP contribution is 2.18. The van der Waals surface area contributed by atoms with Crippen LogP contribution in [-0.2, 0) is 14.4 Å². The number of nitrogens with zero attached hydrogens (tertiary/aromatic N) is 2. The molecule has 0 atom stereocenters. The van der Waals surface area contributed by atoms with E-state index in [-0.39, 0.29) is 5.69 Å². The van der Waals surface area contributed by atoms with Crippen LogP contribution in [0, 0.1) is 0 Å². The number of nitrogen functional groups attached to an aromatic ring is 1. The highest BCUT2D eigenvalue weighted by atomic mass is 16.2. The molecule has 1 aromatic rings. The molecule has 0 aliphatic heterocycles. The number of nitrogens with two attached hydrogens (primary N) is 1. The van der Waals surface area contributed by atoms with E-state index in [2.05, 4.69) is 5.32 Å². The predicted octanol–water partition coefficient (Wildman–Crippen LogP) is -0.174. The Labute approximate surface area is 123 Å². The number of hydrogen-bond donors (Lipinski definition) is 2. The van der Waals surface area contributed by atoms with E-state index in [0.29, 0.717) is 18.8 Å². The van der Waals surface area contributed by atoms with E-state index in [1.54, 1.807) is 18.2 Å². The fraction of sp³-hybridized carbons (Fsp3) is 0.357. The Morgan fingerprint density at radius 1 is 1.24 bits per heavy atom. The molecular formula is C14H20N4O3. The molecule has 0 aliphatic carbocycles. The summed E-state index contributed by atoms with van der Waals surface area (Å²) in [4.78, 5) is 38.3. The molecule has 0 aliphatic rings. The first-order valence-corrected chi connectivity index (χ1v) is 6.46. The number of anilines is 2. The third kappa shape index (κ3) is 4.88. The molecule has 3 amide bonds. The van der Waals surface area contributed by atoms with Gasteiger partial charge in [0.15, 0.2) is 0 Å². The van der Waals surface area contributed by atoms with Gasteiger partial charge in [-0.2, -0.15) is 0 Å². The first-order chi connectivity index (χ1) is 9.82. The molecule has 0 unspecified atom stereocenters. The summed E-state index contributed by atoms with van der Waals surface area (Å²) in [5.74, 6) is -2.30. The smallest absolute Gasteiger partial charge is 0.323 e. The van der Waals surface area contributed by atoms with E-state index in [1.807, 2.05) is 19.0 Å². The van der Waals surface area contributed by atoms with Crippen LogP contribution in [0.5, 0.6) is 0 Å². The van der Waals surface area contributed by atoms with Crippen molar-refractivity contribution >= 4 is 29.1 Å². The Balaban J connectivity index is 2.83. The molecule has 0 fully saturated rings. The van der Waals surface area contributed by atoms with Crippen LogP contribution in [0.1, 0.15) is 6.92 Å². The van der Waals surface area contributed by atoms with Gasteiger partial charge < -0.3 is 16.0 Å². The summed E-state index contributed by atoms with van der Waals surface area (Å²) >= 11 is 0. The third-order valence-electron chi connectivity index (χ3n) is 2.69. The minimum atomic E-state index is -0.924. The van der Waals surface area contributed by atoms with Gasteiger partial charge in [0.2, 0.25) is 5.91 Å². The predicted molar refractivity (Wildman–Crippen MR) is 80.6 cm³/mol. The van der Waals surface area contributed by atoms with Crippen molar-refractivity contribution in [1.82, 2.24) is 10.2 Å². The average Bonchev–Trinajstić information content (AvgIpc) is 2.37. The third-order valence-corrected chi connectivity index (χ3v) is 2.69. The molecule has 0 radical (unpaired) electrons. The maximum atomic E-state index is 12.1. The Bertz CT molecular complexity index is 543. The van der Waals surface area contributed by atoms with Gasteiger partial charge in [0.25, 0.3) is 0 Å². The number of benzene rings is 1. The zero-order valence-corrected chi connectivity index (χ0v) is 12.4. The number of likely N-dealkylation sites (N-methyl/N-ethyl adjacent to an activating group) is 1. The number of carbonyl (C=O) groups is 3. The van der Waals surface area contributed by atoms with Gasteiger partial charge in [-0.25, -0.2) is 4.90 Å². The minimum absolute atomic E-state index is 0.273. The Hall–Kier alpha value is -2.41. The summed E-state index contributed by atoms with van der Waals surface area (Å²) in [6, 6.07) is 6.25. The van der Waals surface area contributed by atoms with E-state index in [4.69, 9.17) is 5.73 Å². The highest BCUT2D eigenvalue weighted by molar-refractivity contribution is 6.45. The zero-order chi connectivity index (χ0) is 16.0. The summed E-state index contributed by atoms with van der Waals surface area (Å²) < 4.78 is 0. The maximum Gasteiger partial charge on any atom is 0.323 e. The molecule has 3 N–H and O–H groups in total. The molecule has 7 nitrogen and oxygen atoms in total. The lowest BCUT2D eigenvalue weighted by atomic mass is 10.2. The van der Waals surface area contributed by atoms with Gasteiger partial charge in [-0.1, -0.05) is 6.07 Å². The van der Waals surface area contributed by atoms with Crippen molar-refractivity contribution in [1.29, 1.82) is 0 Å². The second-order valence-electron chi connectivity index (χ2n) is 4.81. The standard InChI is InChI=1S/C14H20N4O3/c1-10(19)18(12-6-4-5-11(15)9-12)14(21)13(20)16-7-8-17(2)3/h4-6,9H,7-8,15H2,1-3H3,(H,16,20). The van der Waals surface area contributed by atoms with E-state index in [1.165, 1.54) is 13.0 Å².